The highest BCUT2D eigenvalue weighted by Gasteiger charge is 2.56. The lowest BCUT2D eigenvalue weighted by Crippen LogP contribution is -2.52. The van der Waals surface area contributed by atoms with Crippen molar-refractivity contribution in [2.24, 2.45) is 34.5 Å². The first-order valence-corrected chi connectivity index (χ1v) is 11.6. The molecule has 3 fully saturated rings. The van der Waals surface area contributed by atoms with E-state index in [9.17, 15) is 5.11 Å². The summed E-state index contributed by atoms with van der Waals surface area (Å²) in [5.74, 6) is 2.10. The maximum absolute atomic E-state index is 11.5. The number of allylic oxidation sites excluding steroid dienone is 1. The van der Waals surface area contributed by atoms with Crippen LogP contribution in [0, 0.1) is 34.5 Å². The third-order valence-electron chi connectivity index (χ3n) is 9.06. The van der Waals surface area contributed by atoms with Gasteiger partial charge in [-0.15, -0.1) is 0 Å². The van der Waals surface area contributed by atoms with Gasteiger partial charge in [-0.1, -0.05) is 39.3 Å². The maximum Gasteiger partial charge on any atom is 0.316 e. The number of nitrogens with zero attached hydrogens (tertiary/aromatic N) is 2. The largest absolute Gasteiger partial charge is 0.463 e. The zero-order valence-corrected chi connectivity index (χ0v) is 18.4. The monoisotopic (exact) mass is 398 g/mol. The molecule has 4 rings (SSSR count). The standard InChI is InChI=1S/C25H38N2O2/c1-17-8-11-25(4,19(16-17)10-15-29-23-26-13-5-14-27-23)21-9-12-24(3)18(2)6-7-20(24)22(21)28/h5,13-14,17,19-22,28H,2,6-12,15-16H2,1,3-4H3/t17-,19-,20-,21-,22-,24+,25-/m0/s1. The van der Waals surface area contributed by atoms with E-state index in [0.717, 1.165) is 31.6 Å². The van der Waals surface area contributed by atoms with Crippen LogP contribution in [0.2, 0.25) is 0 Å². The molecule has 7 atom stereocenters. The van der Waals surface area contributed by atoms with Gasteiger partial charge in [-0.3, -0.25) is 0 Å². The van der Waals surface area contributed by atoms with E-state index < -0.39 is 0 Å². The fourth-order valence-corrected chi connectivity index (χ4v) is 6.95. The molecule has 1 N–H and O–H groups in total. The zero-order chi connectivity index (χ0) is 20.6. The minimum absolute atomic E-state index is 0.150. The van der Waals surface area contributed by atoms with Gasteiger partial charge in [0.25, 0.3) is 0 Å². The summed E-state index contributed by atoms with van der Waals surface area (Å²) in [4.78, 5) is 8.37. The Kier molecular flexibility index (Phi) is 5.76. The Morgan fingerprint density at radius 2 is 1.90 bits per heavy atom. The topological polar surface area (TPSA) is 55.2 Å². The second kappa shape index (κ2) is 8.02. The first-order valence-electron chi connectivity index (χ1n) is 11.6. The van der Waals surface area contributed by atoms with Gasteiger partial charge in [0.05, 0.1) is 12.7 Å². The smallest absolute Gasteiger partial charge is 0.316 e. The predicted molar refractivity (Wildman–Crippen MR) is 115 cm³/mol. The van der Waals surface area contributed by atoms with Crippen molar-refractivity contribution >= 4 is 0 Å². The number of hydrogen-bond donors (Lipinski definition) is 1. The average Bonchev–Trinajstić information content (AvgIpc) is 3.01. The molecule has 3 saturated carbocycles. The molecular weight excluding hydrogens is 360 g/mol. The van der Waals surface area contributed by atoms with Gasteiger partial charge in [0, 0.05) is 12.4 Å². The van der Waals surface area contributed by atoms with Gasteiger partial charge in [-0.05, 0) is 85.5 Å². The summed E-state index contributed by atoms with van der Waals surface area (Å²) in [6, 6.07) is 2.28. The molecule has 0 unspecified atom stereocenters. The highest BCUT2D eigenvalue weighted by atomic mass is 16.5. The fraction of sp³-hybridized carbons (Fsp3) is 0.760. The van der Waals surface area contributed by atoms with Crippen LogP contribution < -0.4 is 4.74 Å². The number of aliphatic hydroxyl groups is 1. The third-order valence-corrected chi connectivity index (χ3v) is 9.06. The number of rotatable bonds is 5. The number of aliphatic hydroxyl groups excluding tert-OH is 1. The van der Waals surface area contributed by atoms with Crippen LogP contribution in [0.3, 0.4) is 0 Å². The molecule has 4 heteroatoms. The summed E-state index contributed by atoms with van der Waals surface area (Å²) < 4.78 is 5.85. The van der Waals surface area contributed by atoms with E-state index in [4.69, 9.17) is 4.74 Å². The van der Waals surface area contributed by atoms with Gasteiger partial charge < -0.3 is 9.84 Å². The molecule has 0 amide bonds. The molecule has 0 bridgehead atoms. The lowest BCUT2D eigenvalue weighted by Gasteiger charge is -2.55. The van der Waals surface area contributed by atoms with Crippen LogP contribution in [-0.4, -0.2) is 27.8 Å². The fourth-order valence-electron chi connectivity index (χ4n) is 6.95. The summed E-state index contributed by atoms with van der Waals surface area (Å²) in [6.07, 6.45) is 12.5. The Morgan fingerprint density at radius 1 is 1.14 bits per heavy atom. The van der Waals surface area contributed by atoms with E-state index in [2.05, 4.69) is 37.3 Å². The summed E-state index contributed by atoms with van der Waals surface area (Å²) in [7, 11) is 0. The second-order valence-electron chi connectivity index (χ2n) is 10.6. The van der Waals surface area contributed by atoms with E-state index >= 15 is 0 Å². The van der Waals surface area contributed by atoms with Crippen LogP contribution in [0.25, 0.3) is 0 Å². The predicted octanol–water partition coefficient (Wildman–Crippen LogP) is 5.43. The van der Waals surface area contributed by atoms with Gasteiger partial charge in [-0.25, -0.2) is 9.97 Å². The van der Waals surface area contributed by atoms with Crippen molar-refractivity contribution in [2.45, 2.75) is 78.2 Å². The van der Waals surface area contributed by atoms with Gasteiger partial charge in [0.2, 0.25) is 0 Å². The number of ether oxygens (including phenoxy) is 1. The second-order valence-corrected chi connectivity index (χ2v) is 10.6. The molecular formula is C25H38N2O2. The number of hydrogen-bond acceptors (Lipinski definition) is 4. The molecule has 29 heavy (non-hydrogen) atoms. The summed E-state index contributed by atoms with van der Waals surface area (Å²) >= 11 is 0. The Bertz CT molecular complexity index is 723. The van der Waals surface area contributed by atoms with Gasteiger partial charge in [0.15, 0.2) is 0 Å². The molecule has 1 heterocycles. The van der Waals surface area contributed by atoms with Crippen LogP contribution >= 0.6 is 0 Å². The molecule has 3 aliphatic carbocycles. The first kappa shape index (κ1) is 20.8. The highest BCUT2D eigenvalue weighted by molar-refractivity contribution is 5.21. The van der Waals surface area contributed by atoms with E-state index in [1.807, 2.05) is 6.07 Å². The molecule has 0 spiro atoms. The van der Waals surface area contributed by atoms with E-state index in [-0.39, 0.29) is 16.9 Å². The number of fused-ring (bicyclic) bond motifs is 1. The van der Waals surface area contributed by atoms with Gasteiger partial charge in [0.1, 0.15) is 0 Å². The molecule has 1 aromatic heterocycles. The van der Waals surface area contributed by atoms with Gasteiger partial charge >= 0.3 is 6.01 Å². The van der Waals surface area contributed by atoms with E-state index in [1.165, 1.54) is 31.3 Å². The molecule has 0 aliphatic heterocycles. The van der Waals surface area contributed by atoms with Gasteiger partial charge in [-0.2, -0.15) is 0 Å². The normalized spacial score (nSPS) is 42.5. The van der Waals surface area contributed by atoms with Crippen molar-refractivity contribution in [1.29, 1.82) is 0 Å². The van der Waals surface area contributed by atoms with E-state index in [0.29, 0.717) is 30.4 Å². The van der Waals surface area contributed by atoms with Crippen molar-refractivity contribution < 1.29 is 9.84 Å². The molecule has 4 nitrogen and oxygen atoms in total. The number of aromatic nitrogens is 2. The van der Waals surface area contributed by atoms with Crippen molar-refractivity contribution in [1.82, 2.24) is 9.97 Å². The Labute approximate surface area is 176 Å². The highest BCUT2D eigenvalue weighted by Crippen LogP contribution is 2.61. The van der Waals surface area contributed by atoms with Crippen LogP contribution in [0.15, 0.2) is 30.6 Å². The molecule has 1 aromatic rings. The maximum atomic E-state index is 11.5. The average molecular weight is 399 g/mol. The van der Waals surface area contributed by atoms with Crippen molar-refractivity contribution in [3.63, 3.8) is 0 Å². The van der Waals surface area contributed by atoms with Crippen LogP contribution in [0.1, 0.15) is 72.1 Å². The first-order chi connectivity index (χ1) is 13.8. The third kappa shape index (κ3) is 3.73. The molecule has 160 valence electrons. The van der Waals surface area contributed by atoms with Crippen LogP contribution in [-0.2, 0) is 0 Å². The lowest BCUT2D eigenvalue weighted by atomic mass is 9.51. The lowest BCUT2D eigenvalue weighted by molar-refractivity contribution is -0.113. The minimum Gasteiger partial charge on any atom is -0.463 e. The molecule has 0 radical (unpaired) electrons. The van der Waals surface area contributed by atoms with Crippen molar-refractivity contribution in [3.05, 3.63) is 30.6 Å². The van der Waals surface area contributed by atoms with Crippen molar-refractivity contribution in [2.75, 3.05) is 6.61 Å². The van der Waals surface area contributed by atoms with Crippen LogP contribution in [0.5, 0.6) is 6.01 Å². The quantitative estimate of drug-likeness (QED) is 0.672. The summed E-state index contributed by atoms with van der Waals surface area (Å²) in [5.41, 5.74) is 1.70. The summed E-state index contributed by atoms with van der Waals surface area (Å²) in [6.45, 7) is 12.2. The minimum atomic E-state index is -0.202. The SMILES string of the molecule is C=C1CC[C@H]2[C@H](O)[C@@H]([C@@]3(C)CC[C@H](C)C[C@@H]3CCOc3ncccn3)CC[C@]12C. The molecule has 0 saturated heterocycles. The summed E-state index contributed by atoms with van der Waals surface area (Å²) in [5, 5.41) is 11.5. The Hall–Kier alpha value is -1.42. The molecule has 0 aromatic carbocycles. The Balaban J connectivity index is 1.48. The van der Waals surface area contributed by atoms with Crippen molar-refractivity contribution in [3.8, 4) is 6.01 Å². The van der Waals surface area contributed by atoms with E-state index in [1.54, 1.807) is 12.4 Å². The zero-order valence-electron chi connectivity index (χ0n) is 18.4. The Morgan fingerprint density at radius 3 is 2.66 bits per heavy atom. The van der Waals surface area contributed by atoms with Crippen LogP contribution in [0.4, 0.5) is 0 Å². The molecule has 3 aliphatic rings.